The van der Waals surface area contributed by atoms with E-state index in [1.165, 1.54) is 23.1 Å². The van der Waals surface area contributed by atoms with Crippen molar-refractivity contribution in [2.24, 2.45) is 0 Å². The molecular weight excluding hydrogens is 536 g/mol. The first-order valence-electron chi connectivity index (χ1n) is 14.8. The lowest BCUT2D eigenvalue weighted by molar-refractivity contribution is -0.139. The third kappa shape index (κ3) is 7.69. The summed E-state index contributed by atoms with van der Waals surface area (Å²) in [4.78, 5) is 26.3. The number of carbonyl (C=O) groups is 2. The third-order valence-corrected chi connectivity index (χ3v) is 8.64. The quantitative estimate of drug-likeness (QED) is 0.248. The van der Waals surface area contributed by atoms with Crippen LogP contribution < -0.4 is 10.1 Å². The van der Waals surface area contributed by atoms with Crippen molar-refractivity contribution in [2.75, 3.05) is 32.8 Å². The van der Waals surface area contributed by atoms with Gasteiger partial charge >= 0.3 is 5.97 Å². The van der Waals surface area contributed by atoms with E-state index >= 15 is 0 Å². The van der Waals surface area contributed by atoms with Gasteiger partial charge in [0.2, 0.25) is 0 Å². The number of nitrogens with zero attached hydrogens (tertiary/aromatic N) is 1. The van der Waals surface area contributed by atoms with Crippen LogP contribution in [-0.2, 0) is 17.6 Å². The second-order valence-electron chi connectivity index (χ2n) is 11.2. The van der Waals surface area contributed by atoms with Gasteiger partial charge in [-0.2, -0.15) is 0 Å². The molecule has 1 aliphatic carbocycles. The lowest BCUT2D eigenvalue weighted by Crippen LogP contribution is -2.34. The van der Waals surface area contributed by atoms with Crippen molar-refractivity contribution in [2.45, 2.75) is 57.3 Å². The van der Waals surface area contributed by atoms with Gasteiger partial charge in [0.25, 0.3) is 5.91 Å². The lowest BCUT2D eigenvalue weighted by atomic mass is 9.83. The van der Waals surface area contributed by atoms with Gasteiger partial charge in [0.05, 0.1) is 0 Å². The van der Waals surface area contributed by atoms with Crippen molar-refractivity contribution >= 4 is 23.5 Å². The molecule has 0 unspecified atom stereocenters. The molecule has 2 aliphatic rings. The fourth-order valence-corrected chi connectivity index (χ4v) is 6.25. The number of carbonyl (C=O) groups excluding carboxylic acids is 1. The van der Waals surface area contributed by atoms with Gasteiger partial charge in [0, 0.05) is 17.1 Å². The molecule has 3 aromatic rings. The second kappa shape index (κ2) is 14.0. The Kier molecular flexibility index (Phi) is 9.97. The second-order valence-corrected chi connectivity index (χ2v) is 11.6. The average molecular weight is 575 g/mol. The molecule has 1 aliphatic heterocycles. The molecule has 0 saturated carbocycles. The molecule has 6 nitrogen and oxygen atoms in total. The Hall–Kier alpha value is -3.35. The van der Waals surface area contributed by atoms with E-state index in [0.29, 0.717) is 23.0 Å². The minimum absolute atomic E-state index is 0.0422. The van der Waals surface area contributed by atoms with Gasteiger partial charge < -0.3 is 20.1 Å². The van der Waals surface area contributed by atoms with Gasteiger partial charge in [0.1, 0.15) is 5.75 Å². The van der Waals surface area contributed by atoms with E-state index in [4.69, 9.17) is 16.3 Å². The van der Waals surface area contributed by atoms with Crippen LogP contribution in [0.5, 0.6) is 5.75 Å². The number of fused-ring (bicyclic) bond motifs is 1. The number of piperidine rings is 1. The van der Waals surface area contributed by atoms with E-state index in [2.05, 4.69) is 22.3 Å². The number of carboxylic acid groups (broad SMARTS) is 1. The van der Waals surface area contributed by atoms with Gasteiger partial charge in [-0.05, 0) is 129 Å². The maximum Gasteiger partial charge on any atom is 0.341 e. The third-order valence-electron chi connectivity index (χ3n) is 8.39. The van der Waals surface area contributed by atoms with Crippen LogP contribution in [0.15, 0.2) is 60.7 Å². The topological polar surface area (TPSA) is 78.9 Å². The van der Waals surface area contributed by atoms with Crippen LogP contribution in [0.4, 0.5) is 0 Å². The number of aryl methyl sites for hydroxylation is 1. The van der Waals surface area contributed by atoms with E-state index in [9.17, 15) is 14.7 Å². The van der Waals surface area contributed by atoms with Crippen LogP contribution in [-0.4, -0.2) is 54.7 Å². The minimum atomic E-state index is -0.928. The summed E-state index contributed by atoms with van der Waals surface area (Å²) in [5.41, 5.74) is 6.53. The highest BCUT2D eigenvalue weighted by molar-refractivity contribution is 6.30. The van der Waals surface area contributed by atoms with Crippen LogP contribution in [0.1, 0.15) is 71.5 Å². The largest absolute Gasteiger partial charge is 0.481 e. The molecule has 0 atom stereocenters. The van der Waals surface area contributed by atoms with Gasteiger partial charge in [-0.15, -0.1) is 0 Å². The number of rotatable bonds is 11. The molecule has 216 valence electrons. The van der Waals surface area contributed by atoms with E-state index < -0.39 is 5.97 Å². The Balaban J connectivity index is 1.04. The normalized spacial score (nSPS) is 15.7. The highest BCUT2D eigenvalue weighted by Crippen LogP contribution is 2.40. The summed E-state index contributed by atoms with van der Waals surface area (Å²) < 4.78 is 5.90. The fraction of sp³-hybridized carbons (Fsp3) is 0.412. The number of hydrogen-bond donors (Lipinski definition) is 2. The van der Waals surface area contributed by atoms with E-state index in [1.54, 1.807) is 0 Å². The molecule has 5 rings (SSSR count). The number of likely N-dealkylation sites (tertiary alicyclic amines) is 1. The van der Waals surface area contributed by atoms with E-state index in [-0.39, 0.29) is 12.5 Å². The monoisotopic (exact) mass is 574 g/mol. The molecule has 0 bridgehead atoms. The molecule has 7 heteroatoms. The summed E-state index contributed by atoms with van der Waals surface area (Å²) >= 11 is 5.98. The summed E-state index contributed by atoms with van der Waals surface area (Å²) in [7, 11) is 0. The zero-order chi connectivity index (χ0) is 28.6. The molecule has 0 spiro atoms. The minimum Gasteiger partial charge on any atom is -0.481 e. The summed E-state index contributed by atoms with van der Waals surface area (Å²) in [6.07, 6.45) is 8.41. The van der Waals surface area contributed by atoms with E-state index in [1.807, 2.05) is 48.5 Å². The van der Waals surface area contributed by atoms with Gasteiger partial charge in [-0.3, -0.25) is 4.79 Å². The Morgan fingerprint density at radius 3 is 2.29 bits per heavy atom. The summed E-state index contributed by atoms with van der Waals surface area (Å²) in [5.74, 6) is 0.271. The Morgan fingerprint density at radius 1 is 0.902 bits per heavy atom. The number of benzene rings is 3. The standard InChI is InChI=1S/C34H39ClN2O4/c35-29-14-11-25(12-15-29)24-7-9-28(10-8-24)34(40)36-19-3-4-20-37-21-17-27(18-22-37)31-16-13-26-5-1-2-6-30(26)33(31)41-23-32(38)39/h7-16,27H,1-6,17-23H2,(H,36,40)(H,38,39). The molecule has 0 aromatic heterocycles. The number of aliphatic carboxylic acids is 1. The lowest BCUT2D eigenvalue weighted by Gasteiger charge is -2.34. The first-order valence-corrected chi connectivity index (χ1v) is 15.2. The number of hydrogen-bond acceptors (Lipinski definition) is 4. The van der Waals surface area contributed by atoms with Crippen molar-refractivity contribution in [1.82, 2.24) is 10.2 Å². The van der Waals surface area contributed by atoms with Gasteiger partial charge in [0.15, 0.2) is 6.61 Å². The molecule has 3 aromatic carbocycles. The summed E-state index contributed by atoms with van der Waals surface area (Å²) in [6, 6.07) is 19.8. The highest BCUT2D eigenvalue weighted by atomic mass is 35.5. The van der Waals surface area contributed by atoms with Crippen molar-refractivity contribution in [1.29, 1.82) is 0 Å². The van der Waals surface area contributed by atoms with Crippen LogP contribution in [0.3, 0.4) is 0 Å². The molecule has 1 fully saturated rings. The molecule has 0 radical (unpaired) electrons. The Bertz CT molecular complexity index is 1330. The predicted octanol–water partition coefficient (Wildman–Crippen LogP) is 6.74. The van der Waals surface area contributed by atoms with Crippen molar-refractivity contribution < 1.29 is 19.4 Å². The number of carboxylic acids is 1. The number of halogens is 1. The first kappa shape index (κ1) is 29.2. The van der Waals surface area contributed by atoms with E-state index in [0.717, 1.165) is 81.5 Å². The van der Waals surface area contributed by atoms with Crippen LogP contribution >= 0.6 is 11.6 Å². The average Bonchev–Trinajstić information content (AvgIpc) is 3.00. The Morgan fingerprint density at radius 2 is 1.59 bits per heavy atom. The molecule has 1 amide bonds. The van der Waals surface area contributed by atoms with Crippen LogP contribution in [0, 0.1) is 0 Å². The molecule has 1 saturated heterocycles. The zero-order valence-corrected chi connectivity index (χ0v) is 24.3. The van der Waals surface area contributed by atoms with Gasteiger partial charge in [-0.25, -0.2) is 4.79 Å². The summed E-state index contributed by atoms with van der Waals surface area (Å²) in [5, 5.41) is 13.0. The summed E-state index contributed by atoms with van der Waals surface area (Å²) in [6.45, 7) is 3.44. The fourth-order valence-electron chi connectivity index (χ4n) is 6.13. The number of nitrogens with one attached hydrogen (secondary N) is 1. The molecular formula is C34H39ClN2O4. The Labute approximate surface area is 247 Å². The van der Waals surface area contributed by atoms with Crippen molar-refractivity contribution in [3.05, 3.63) is 87.9 Å². The SMILES string of the molecule is O=C(O)COc1c(C2CCN(CCCCNC(=O)c3ccc(-c4ccc(Cl)cc4)cc3)CC2)ccc2c1CCCC2. The first-order chi connectivity index (χ1) is 20.0. The highest BCUT2D eigenvalue weighted by Gasteiger charge is 2.26. The molecule has 41 heavy (non-hydrogen) atoms. The molecule has 2 N–H and O–H groups in total. The smallest absolute Gasteiger partial charge is 0.341 e. The van der Waals surface area contributed by atoms with Crippen molar-refractivity contribution in [3.8, 4) is 16.9 Å². The zero-order valence-electron chi connectivity index (χ0n) is 23.5. The maximum absolute atomic E-state index is 12.6. The van der Waals surface area contributed by atoms with Crippen molar-refractivity contribution in [3.63, 3.8) is 0 Å². The number of amides is 1. The van der Waals surface area contributed by atoms with Crippen LogP contribution in [0.2, 0.25) is 5.02 Å². The number of ether oxygens (including phenoxy) is 1. The maximum atomic E-state index is 12.6. The van der Waals surface area contributed by atoms with Gasteiger partial charge in [-0.1, -0.05) is 48.0 Å². The number of unbranched alkanes of at least 4 members (excludes halogenated alkanes) is 1. The molecule has 1 heterocycles. The van der Waals surface area contributed by atoms with Crippen LogP contribution in [0.25, 0.3) is 11.1 Å². The predicted molar refractivity (Wildman–Crippen MR) is 163 cm³/mol.